The molecule has 1 unspecified atom stereocenters. The van der Waals surface area contributed by atoms with Crippen LogP contribution in [0.3, 0.4) is 0 Å². The highest BCUT2D eigenvalue weighted by atomic mass is 16.6. The van der Waals surface area contributed by atoms with Crippen LogP contribution in [0.2, 0.25) is 0 Å². The molecular weight excluding hydrogens is 472 g/mol. The number of hydrogen-bond acceptors (Lipinski definition) is 9. The lowest BCUT2D eigenvalue weighted by Crippen LogP contribution is -2.29. The number of carboxylic acids is 1. The number of rotatable bonds is 8. The predicted molar refractivity (Wildman–Crippen MR) is 128 cm³/mol. The van der Waals surface area contributed by atoms with Crippen LogP contribution in [-0.4, -0.2) is 53.8 Å². The Morgan fingerprint density at radius 1 is 0.806 bits per heavy atom. The summed E-state index contributed by atoms with van der Waals surface area (Å²) >= 11 is 0. The van der Waals surface area contributed by atoms with Crippen LogP contribution < -0.4 is 0 Å². The fourth-order valence-corrected chi connectivity index (χ4v) is 3.25. The van der Waals surface area contributed by atoms with Crippen molar-refractivity contribution in [3.8, 4) is 34.5 Å². The SMILES string of the molecule is C=C(C(=O)OC(Cc1ccc(O)c(O)c1)C(=O)O)c1ccc(O)c(O)c1/C=C/c1ccc(O)c(O)c1. The van der Waals surface area contributed by atoms with Crippen LogP contribution in [0.25, 0.3) is 17.7 Å². The van der Waals surface area contributed by atoms with Gasteiger partial charge in [0, 0.05) is 12.0 Å². The molecule has 0 saturated carbocycles. The van der Waals surface area contributed by atoms with Gasteiger partial charge in [-0.1, -0.05) is 24.8 Å². The lowest BCUT2D eigenvalue weighted by molar-refractivity contribution is -0.159. The van der Waals surface area contributed by atoms with E-state index in [1.54, 1.807) is 0 Å². The van der Waals surface area contributed by atoms with Gasteiger partial charge in [-0.15, -0.1) is 0 Å². The zero-order valence-electron chi connectivity index (χ0n) is 18.6. The summed E-state index contributed by atoms with van der Waals surface area (Å²) < 4.78 is 5.11. The molecule has 0 aliphatic heterocycles. The summed E-state index contributed by atoms with van der Waals surface area (Å²) in [6.45, 7) is 3.64. The normalized spacial score (nSPS) is 11.8. The Kier molecular flexibility index (Phi) is 7.39. The first-order valence-corrected chi connectivity index (χ1v) is 10.4. The minimum atomic E-state index is -1.66. The van der Waals surface area contributed by atoms with E-state index in [-0.39, 0.29) is 40.2 Å². The van der Waals surface area contributed by atoms with E-state index in [1.165, 1.54) is 42.5 Å². The number of hydrogen-bond donors (Lipinski definition) is 7. The topological polar surface area (TPSA) is 185 Å². The van der Waals surface area contributed by atoms with Crippen molar-refractivity contribution in [3.05, 3.63) is 77.4 Å². The van der Waals surface area contributed by atoms with Crippen LogP contribution >= 0.6 is 0 Å². The second-order valence-electron chi connectivity index (χ2n) is 7.71. The van der Waals surface area contributed by atoms with Crippen molar-refractivity contribution >= 4 is 29.7 Å². The zero-order chi connectivity index (χ0) is 26.6. The standard InChI is InChI=1S/C26H22O10/c1-13(26(35)36-23(25(33)34)12-15-4-8-19(28)22(31)11-15)16-6-9-20(29)24(32)17(16)5-2-14-3-7-18(27)21(30)10-14/h2-11,23,27-32H,1,12H2,(H,33,34)/b5-2+. The van der Waals surface area contributed by atoms with Crippen LogP contribution in [0.1, 0.15) is 22.3 Å². The van der Waals surface area contributed by atoms with Crippen LogP contribution in [0, 0.1) is 0 Å². The second kappa shape index (κ2) is 10.4. The van der Waals surface area contributed by atoms with Gasteiger partial charge in [0.1, 0.15) is 0 Å². The molecule has 0 radical (unpaired) electrons. The number of benzene rings is 3. The molecule has 7 N–H and O–H groups in total. The van der Waals surface area contributed by atoms with Gasteiger partial charge >= 0.3 is 11.9 Å². The van der Waals surface area contributed by atoms with E-state index in [4.69, 9.17) is 4.74 Å². The van der Waals surface area contributed by atoms with Gasteiger partial charge in [0.25, 0.3) is 0 Å². The summed E-state index contributed by atoms with van der Waals surface area (Å²) in [4.78, 5) is 24.5. The highest BCUT2D eigenvalue weighted by Gasteiger charge is 2.26. The molecule has 36 heavy (non-hydrogen) atoms. The van der Waals surface area contributed by atoms with E-state index in [9.17, 15) is 45.3 Å². The summed E-state index contributed by atoms with van der Waals surface area (Å²) in [5, 5.41) is 67.9. The predicted octanol–water partition coefficient (Wildman–Crippen LogP) is 3.34. The lowest BCUT2D eigenvalue weighted by atomic mass is 9.98. The number of phenols is 6. The molecule has 0 saturated heterocycles. The number of aliphatic carboxylic acids is 1. The molecule has 3 aromatic carbocycles. The first-order chi connectivity index (χ1) is 17.0. The largest absolute Gasteiger partial charge is 0.504 e. The maximum absolute atomic E-state index is 12.8. The fraction of sp³-hybridized carbons (Fsp3) is 0.0769. The summed E-state index contributed by atoms with van der Waals surface area (Å²) in [5.41, 5.74) is 0.355. The highest BCUT2D eigenvalue weighted by Crippen LogP contribution is 2.36. The maximum Gasteiger partial charge on any atom is 0.345 e. The first kappa shape index (κ1) is 25.5. The maximum atomic E-state index is 12.8. The molecule has 0 aromatic heterocycles. The quantitative estimate of drug-likeness (QED) is 0.106. The van der Waals surface area contributed by atoms with Crippen LogP contribution in [-0.2, 0) is 20.7 Å². The molecular formula is C26H22O10. The molecule has 0 bridgehead atoms. The number of ether oxygens (including phenoxy) is 1. The fourth-order valence-electron chi connectivity index (χ4n) is 3.25. The second-order valence-corrected chi connectivity index (χ2v) is 7.71. The van der Waals surface area contributed by atoms with Crippen molar-refractivity contribution in [3.63, 3.8) is 0 Å². The first-order valence-electron chi connectivity index (χ1n) is 10.4. The molecule has 1 atom stereocenters. The number of aromatic hydroxyl groups is 6. The van der Waals surface area contributed by atoms with Crippen molar-refractivity contribution in [2.75, 3.05) is 0 Å². The van der Waals surface area contributed by atoms with Gasteiger partial charge < -0.3 is 40.5 Å². The third-order valence-electron chi connectivity index (χ3n) is 5.19. The average molecular weight is 494 g/mol. The molecule has 0 aliphatic carbocycles. The summed E-state index contributed by atoms with van der Waals surface area (Å²) in [6.07, 6.45) is 0.762. The smallest absolute Gasteiger partial charge is 0.345 e. The molecule has 3 rings (SSSR count). The van der Waals surface area contributed by atoms with Crippen LogP contribution in [0.15, 0.2) is 55.1 Å². The van der Waals surface area contributed by atoms with Crippen molar-refractivity contribution in [1.82, 2.24) is 0 Å². The molecule has 10 heteroatoms. The van der Waals surface area contributed by atoms with Gasteiger partial charge in [-0.2, -0.15) is 0 Å². The number of carbonyl (C=O) groups is 2. The Labute approximate surface area is 204 Å². The summed E-state index contributed by atoms with van der Waals surface area (Å²) in [5.74, 6) is -5.25. The molecule has 0 heterocycles. The summed E-state index contributed by atoms with van der Waals surface area (Å²) in [7, 11) is 0. The molecule has 0 spiro atoms. The van der Waals surface area contributed by atoms with Crippen molar-refractivity contribution in [1.29, 1.82) is 0 Å². The van der Waals surface area contributed by atoms with Gasteiger partial charge in [0.15, 0.2) is 34.5 Å². The van der Waals surface area contributed by atoms with Crippen LogP contribution in [0.5, 0.6) is 34.5 Å². The molecule has 0 aliphatic rings. The minimum Gasteiger partial charge on any atom is -0.504 e. The third kappa shape index (κ3) is 5.68. The van der Waals surface area contributed by atoms with Gasteiger partial charge in [-0.25, -0.2) is 9.59 Å². The molecule has 3 aromatic rings. The zero-order valence-corrected chi connectivity index (χ0v) is 18.6. The number of phenolic OH excluding ortho intramolecular Hbond substituents is 6. The van der Waals surface area contributed by atoms with E-state index in [0.717, 1.165) is 18.2 Å². The molecule has 186 valence electrons. The summed E-state index contributed by atoms with van der Waals surface area (Å²) in [6, 6.07) is 10.00. The molecule has 0 amide bonds. The number of esters is 1. The Balaban J connectivity index is 1.87. The Morgan fingerprint density at radius 3 is 2.03 bits per heavy atom. The van der Waals surface area contributed by atoms with E-state index in [0.29, 0.717) is 5.56 Å². The van der Waals surface area contributed by atoms with E-state index in [2.05, 4.69) is 6.58 Å². The highest BCUT2D eigenvalue weighted by molar-refractivity contribution is 6.17. The monoisotopic (exact) mass is 494 g/mol. The lowest BCUT2D eigenvalue weighted by Gasteiger charge is -2.17. The molecule has 10 nitrogen and oxygen atoms in total. The Bertz CT molecular complexity index is 1370. The van der Waals surface area contributed by atoms with E-state index in [1.807, 2.05) is 0 Å². The third-order valence-corrected chi connectivity index (χ3v) is 5.19. The average Bonchev–Trinajstić information content (AvgIpc) is 2.83. The molecule has 0 fully saturated rings. The van der Waals surface area contributed by atoms with Crippen molar-refractivity contribution in [2.45, 2.75) is 12.5 Å². The van der Waals surface area contributed by atoms with Crippen LogP contribution in [0.4, 0.5) is 0 Å². The van der Waals surface area contributed by atoms with E-state index >= 15 is 0 Å². The Morgan fingerprint density at radius 2 is 1.42 bits per heavy atom. The van der Waals surface area contributed by atoms with Gasteiger partial charge in [-0.05, 0) is 59.2 Å². The van der Waals surface area contributed by atoms with Gasteiger partial charge in [0.05, 0.1) is 5.57 Å². The van der Waals surface area contributed by atoms with Crippen molar-refractivity contribution < 1.29 is 50.1 Å². The Hall–Kier alpha value is -5.12. The van der Waals surface area contributed by atoms with Gasteiger partial charge in [0.2, 0.25) is 6.10 Å². The minimum absolute atomic E-state index is 0.0287. The number of carboxylic acid groups (broad SMARTS) is 1. The number of carbonyl (C=O) groups excluding carboxylic acids is 1. The van der Waals surface area contributed by atoms with E-state index < -0.39 is 41.0 Å². The van der Waals surface area contributed by atoms with Crippen molar-refractivity contribution in [2.24, 2.45) is 0 Å². The van der Waals surface area contributed by atoms with Gasteiger partial charge in [-0.3, -0.25) is 0 Å².